The summed E-state index contributed by atoms with van der Waals surface area (Å²) in [6.45, 7) is 7.22. The van der Waals surface area contributed by atoms with Gasteiger partial charge in [0.15, 0.2) is 5.78 Å². The van der Waals surface area contributed by atoms with Crippen LogP contribution in [0.2, 0.25) is 0 Å². The summed E-state index contributed by atoms with van der Waals surface area (Å²) >= 11 is 1.68. The van der Waals surface area contributed by atoms with Crippen LogP contribution in [0.15, 0.2) is 64.3 Å². The second-order valence-electron chi connectivity index (χ2n) is 8.34. The third-order valence-electron chi connectivity index (χ3n) is 6.19. The van der Waals surface area contributed by atoms with Gasteiger partial charge in [0, 0.05) is 46.4 Å². The van der Waals surface area contributed by atoms with Crippen molar-refractivity contribution in [2.45, 2.75) is 45.4 Å². The van der Waals surface area contributed by atoms with Crippen molar-refractivity contribution in [1.82, 2.24) is 5.32 Å². The minimum Gasteiger partial charge on any atom is -0.494 e. The molecule has 1 aromatic heterocycles. The SMILES string of the molecule is CCOCCOC(=O)C1=C(C)NC2=C(C(=O)C[C@@H](c3cccs3)C2)[C@H]1c1ccccc1OCC. The summed E-state index contributed by atoms with van der Waals surface area (Å²) in [4.78, 5) is 28.1. The number of nitrogens with one attached hydrogen (secondary N) is 1. The van der Waals surface area contributed by atoms with Gasteiger partial charge in [-0.15, -0.1) is 11.3 Å². The van der Waals surface area contributed by atoms with E-state index in [4.69, 9.17) is 14.2 Å². The molecule has 1 N–H and O–H groups in total. The summed E-state index contributed by atoms with van der Waals surface area (Å²) in [5.41, 5.74) is 3.48. The Morgan fingerprint density at radius 1 is 1.09 bits per heavy atom. The average molecular weight is 482 g/mol. The van der Waals surface area contributed by atoms with Crippen LogP contribution in [-0.4, -0.2) is 38.2 Å². The molecule has 2 heterocycles. The molecule has 34 heavy (non-hydrogen) atoms. The van der Waals surface area contributed by atoms with Crippen molar-refractivity contribution in [3.63, 3.8) is 0 Å². The number of ketones is 1. The average Bonchev–Trinajstić information content (AvgIpc) is 3.36. The Hall–Kier alpha value is -2.90. The van der Waals surface area contributed by atoms with E-state index in [2.05, 4.69) is 11.4 Å². The number of carbonyl (C=O) groups is 2. The number of allylic oxidation sites excluding steroid dienone is 3. The van der Waals surface area contributed by atoms with Crippen molar-refractivity contribution in [3.8, 4) is 5.75 Å². The smallest absolute Gasteiger partial charge is 0.336 e. The number of esters is 1. The van der Waals surface area contributed by atoms with Crippen LogP contribution >= 0.6 is 11.3 Å². The fourth-order valence-electron chi connectivity index (χ4n) is 4.77. The highest BCUT2D eigenvalue weighted by molar-refractivity contribution is 7.10. The molecule has 0 fully saturated rings. The van der Waals surface area contributed by atoms with Crippen molar-refractivity contribution < 1.29 is 23.8 Å². The molecule has 2 atom stereocenters. The van der Waals surface area contributed by atoms with Crippen LogP contribution in [0.5, 0.6) is 5.75 Å². The molecule has 0 saturated carbocycles. The van der Waals surface area contributed by atoms with Gasteiger partial charge >= 0.3 is 5.97 Å². The lowest BCUT2D eigenvalue weighted by molar-refractivity contribution is -0.140. The summed E-state index contributed by atoms with van der Waals surface area (Å²) in [6.07, 6.45) is 1.14. The minimum absolute atomic E-state index is 0.0515. The van der Waals surface area contributed by atoms with Gasteiger partial charge in [-0.3, -0.25) is 4.79 Å². The van der Waals surface area contributed by atoms with Crippen molar-refractivity contribution in [2.24, 2.45) is 0 Å². The highest BCUT2D eigenvalue weighted by Crippen LogP contribution is 2.48. The molecule has 2 aromatic rings. The molecule has 180 valence electrons. The van der Waals surface area contributed by atoms with Gasteiger partial charge in [0.2, 0.25) is 0 Å². The number of ether oxygens (including phenoxy) is 3. The molecule has 0 radical (unpaired) electrons. The molecule has 0 unspecified atom stereocenters. The lowest BCUT2D eigenvalue weighted by Gasteiger charge is -2.36. The zero-order valence-corrected chi connectivity index (χ0v) is 20.7. The monoisotopic (exact) mass is 481 g/mol. The Kier molecular flexibility index (Phi) is 7.85. The Bertz CT molecular complexity index is 1100. The van der Waals surface area contributed by atoms with Gasteiger partial charge in [-0.05, 0) is 44.7 Å². The van der Waals surface area contributed by atoms with Gasteiger partial charge in [-0.2, -0.15) is 0 Å². The number of hydrogen-bond donors (Lipinski definition) is 1. The molecular weight excluding hydrogens is 450 g/mol. The standard InChI is InChI=1S/C27H31NO5S/c1-4-31-12-13-33-27(30)24-17(3)28-20-15-18(23-11-8-14-34-23)16-21(29)26(20)25(24)19-9-6-7-10-22(19)32-5-2/h6-11,14,18,25,28H,4-5,12-13,15-16H2,1-3H3/t18-,25-/m0/s1. The minimum atomic E-state index is -0.546. The second-order valence-corrected chi connectivity index (χ2v) is 9.32. The van der Waals surface area contributed by atoms with E-state index in [1.165, 1.54) is 4.88 Å². The maximum absolute atomic E-state index is 13.6. The second kappa shape index (κ2) is 11.0. The van der Waals surface area contributed by atoms with Gasteiger partial charge in [0.25, 0.3) is 0 Å². The number of thiophene rings is 1. The van der Waals surface area contributed by atoms with Crippen molar-refractivity contribution in [1.29, 1.82) is 0 Å². The van der Waals surface area contributed by atoms with Gasteiger partial charge in [-0.1, -0.05) is 24.3 Å². The number of carbonyl (C=O) groups excluding carboxylic acids is 2. The molecular formula is C27H31NO5S. The molecule has 2 aliphatic rings. The van der Waals surface area contributed by atoms with E-state index in [9.17, 15) is 9.59 Å². The van der Waals surface area contributed by atoms with Crippen LogP contribution in [0.25, 0.3) is 0 Å². The lowest BCUT2D eigenvalue weighted by Crippen LogP contribution is -2.36. The zero-order chi connectivity index (χ0) is 24.1. The highest BCUT2D eigenvalue weighted by Gasteiger charge is 2.42. The van der Waals surface area contributed by atoms with Crippen molar-refractivity contribution in [3.05, 3.63) is 74.8 Å². The third-order valence-corrected chi connectivity index (χ3v) is 7.22. The van der Waals surface area contributed by atoms with E-state index in [0.29, 0.717) is 48.8 Å². The summed E-state index contributed by atoms with van der Waals surface area (Å²) in [7, 11) is 0. The summed E-state index contributed by atoms with van der Waals surface area (Å²) in [5, 5.41) is 5.44. The molecule has 4 rings (SSSR count). The van der Waals surface area contributed by atoms with E-state index in [0.717, 1.165) is 17.7 Å². The predicted molar refractivity (Wildman–Crippen MR) is 132 cm³/mol. The van der Waals surface area contributed by atoms with E-state index in [-0.39, 0.29) is 18.3 Å². The predicted octanol–water partition coefficient (Wildman–Crippen LogP) is 5.09. The molecule has 0 saturated heterocycles. The number of dihydropyridines is 1. The van der Waals surface area contributed by atoms with E-state index in [1.54, 1.807) is 11.3 Å². The quantitative estimate of drug-likeness (QED) is 0.397. The highest BCUT2D eigenvalue weighted by atomic mass is 32.1. The molecule has 6 nitrogen and oxygen atoms in total. The molecule has 1 aromatic carbocycles. The molecule has 0 spiro atoms. The van der Waals surface area contributed by atoms with Crippen molar-refractivity contribution in [2.75, 3.05) is 26.4 Å². The van der Waals surface area contributed by atoms with Gasteiger partial charge in [0.05, 0.1) is 24.7 Å². The maximum atomic E-state index is 13.6. The molecule has 0 amide bonds. The summed E-state index contributed by atoms with van der Waals surface area (Å²) < 4.78 is 16.8. The number of rotatable bonds is 9. The fraction of sp³-hybridized carbons (Fsp3) is 0.407. The normalized spacial score (nSPS) is 20.1. The van der Waals surface area contributed by atoms with Crippen LogP contribution < -0.4 is 10.1 Å². The first-order chi connectivity index (χ1) is 16.5. The molecule has 0 bridgehead atoms. The van der Waals surface area contributed by atoms with Crippen LogP contribution in [0, 0.1) is 0 Å². The first kappa shape index (κ1) is 24.2. The van der Waals surface area contributed by atoms with Gasteiger partial charge in [-0.25, -0.2) is 4.79 Å². The first-order valence-electron chi connectivity index (χ1n) is 11.8. The number of hydrogen-bond acceptors (Lipinski definition) is 7. The number of Topliss-reactive ketones (excluding diaryl/α,β-unsaturated/α-hetero) is 1. The maximum Gasteiger partial charge on any atom is 0.336 e. The molecule has 1 aliphatic heterocycles. The first-order valence-corrected chi connectivity index (χ1v) is 12.7. The van der Waals surface area contributed by atoms with E-state index in [1.807, 2.05) is 56.5 Å². The Labute approximate surface area is 204 Å². The third kappa shape index (κ3) is 4.95. The molecule has 7 heteroatoms. The Morgan fingerprint density at radius 2 is 1.91 bits per heavy atom. The topological polar surface area (TPSA) is 73.9 Å². The lowest BCUT2D eigenvalue weighted by atomic mass is 9.72. The van der Waals surface area contributed by atoms with E-state index >= 15 is 0 Å². The van der Waals surface area contributed by atoms with Crippen LogP contribution in [0.3, 0.4) is 0 Å². The largest absolute Gasteiger partial charge is 0.494 e. The summed E-state index contributed by atoms with van der Waals surface area (Å²) in [5.74, 6) is -0.134. The molecule has 1 aliphatic carbocycles. The summed E-state index contributed by atoms with van der Waals surface area (Å²) in [6, 6.07) is 11.7. The number of para-hydroxylation sites is 1. The van der Waals surface area contributed by atoms with Crippen LogP contribution in [0.1, 0.15) is 55.9 Å². The van der Waals surface area contributed by atoms with Crippen LogP contribution in [-0.2, 0) is 19.1 Å². The van der Waals surface area contributed by atoms with Gasteiger partial charge < -0.3 is 19.5 Å². The zero-order valence-electron chi connectivity index (χ0n) is 19.9. The Morgan fingerprint density at radius 3 is 2.65 bits per heavy atom. The Balaban J connectivity index is 1.75. The van der Waals surface area contributed by atoms with Crippen LogP contribution in [0.4, 0.5) is 0 Å². The fourth-order valence-corrected chi connectivity index (χ4v) is 5.60. The van der Waals surface area contributed by atoms with Gasteiger partial charge in [0.1, 0.15) is 12.4 Å². The van der Waals surface area contributed by atoms with E-state index < -0.39 is 11.9 Å². The number of benzene rings is 1. The van der Waals surface area contributed by atoms with Crippen molar-refractivity contribution >= 4 is 23.1 Å².